The number of carbonyl (C=O) groups is 1. The number of nitrogens with zero attached hydrogens (tertiary/aromatic N) is 3. The minimum absolute atomic E-state index is 0.0219. The number of carbonyl (C=O) groups excluding carboxylic acids is 1. The van der Waals surface area contributed by atoms with Gasteiger partial charge in [-0.15, -0.1) is 0 Å². The van der Waals surface area contributed by atoms with E-state index in [1.807, 2.05) is 54.6 Å². The molecule has 0 bridgehead atoms. The second-order valence-electron chi connectivity index (χ2n) is 7.59. The summed E-state index contributed by atoms with van der Waals surface area (Å²) in [5.74, 6) is 0.565. The highest BCUT2D eigenvalue weighted by molar-refractivity contribution is 6.31. The van der Waals surface area contributed by atoms with E-state index >= 15 is 0 Å². The van der Waals surface area contributed by atoms with Gasteiger partial charge in [-0.1, -0.05) is 41.9 Å². The van der Waals surface area contributed by atoms with E-state index in [2.05, 4.69) is 15.3 Å². The summed E-state index contributed by atoms with van der Waals surface area (Å²) in [5.41, 5.74) is 1.83. The molecule has 174 valence electrons. The van der Waals surface area contributed by atoms with E-state index in [4.69, 9.17) is 21.1 Å². The topological polar surface area (TPSA) is 95.3 Å². The van der Waals surface area contributed by atoms with E-state index < -0.39 is 6.16 Å². The van der Waals surface area contributed by atoms with Crippen LogP contribution in [0.15, 0.2) is 83.9 Å². The number of nitrogens with one attached hydrogen (secondary N) is 1. The molecule has 0 aliphatic heterocycles. The van der Waals surface area contributed by atoms with Crippen LogP contribution in [0.1, 0.15) is 5.56 Å². The first-order chi connectivity index (χ1) is 17.1. The predicted molar refractivity (Wildman–Crippen MR) is 134 cm³/mol. The fourth-order valence-corrected chi connectivity index (χ4v) is 4.09. The summed E-state index contributed by atoms with van der Waals surface area (Å²) in [6, 6.07) is 21.7. The van der Waals surface area contributed by atoms with Crippen molar-refractivity contribution in [2.24, 2.45) is 0 Å². The lowest BCUT2D eigenvalue weighted by Gasteiger charge is -2.20. The predicted octanol–water partition coefficient (Wildman–Crippen LogP) is 5.34. The van der Waals surface area contributed by atoms with Crippen molar-refractivity contribution in [3.8, 4) is 11.6 Å². The first-order valence-electron chi connectivity index (χ1n) is 10.7. The molecule has 0 amide bonds. The van der Waals surface area contributed by atoms with Gasteiger partial charge in [-0.05, 0) is 42.5 Å². The maximum absolute atomic E-state index is 13.6. The smallest absolute Gasteiger partial charge is 0.437 e. The highest BCUT2D eigenvalue weighted by Gasteiger charge is 2.23. The van der Waals surface area contributed by atoms with Crippen LogP contribution in [0, 0.1) is 0 Å². The SMILES string of the molecule is COC(=O)Oc1c(CNc2ncnc3ccccc23)c(=O)c2ccc(Cl)cc2n1-c1ccccc1. The van der Waals surface area contributed by atoms with Crippen LogP contribution >= 0.6 is 11.6 Å². The van der Waals surface area contributed by atoms with Gasteiger partial charge in [-0.2, -0.15) is 0 Å². The summed E-state index contributed by atoms with van der Waals surface area (Å²) in [7, 11) is 1.20. The molecule has 0 saturated heterocycles. The molecule has 0 aliphatic rings. The molecule has 2 aromatic heterocycles. The van der Waals surface area contributed by atoms with Gasteiger partial charge in [0.05, 0.1) is 30.3 Å². The van der Waals surface area contributed by atoms with Gasteiger partial charge in [0, 0.05) is 21.5 Å². The Kier molecular flexibility index (Phi) is 6.03. The summed E-state index contributed by atoms with van der Waals surface area (Å²) in [6.07, 6.45) is 0.491. The number of aromatic nitrogens is 3. The van der Waals surface area contributed by atoms with Crippen molar-refractivity contribution in [2.45, 2.75) is 6.54 Å². The van der Waals surface area contributed by atoms with E-state index in [0.29, 0.717) is 27.4 Å². The number of pyridine rings is 1. The van der Waals surface area contributed by atoms with E-state index in [9.17, 15) is 9.59 Å². The fraction of sp³-hybridized carbons (Fsp3) is 0.0769. The van der Waals surface area contributed by atoms with Crippen LogP contribution in [-0.2, 0) is 11.3 Å². The van der Waals surface area contributed by atoms with Crippen LogP contribution in [0.5, 0.6) is 5.88 Å². The van der Waals surface area contributed by atoms with Crippen molar-refractivity contribution in [3.05, 3.63) is 99.9 Å². The third-order valence-electron chi connectivity index (χ3n) is 5.52. The normalized spacial score (nSPS) is 10.9. The van der Waals surface area contributed by atoms with Crippen LogP contribution in [0.3, 0.4) is 0 Å². The molecule has 0 spiro atoms. The average molecular weight is 487 g/mol. The van der Waals surface area contributed by atoms with Gasteiger partial charge >= 0.3 is 6.16 Å². The lowest BCUT2D eigenvalue weighted by molar-refractivity contribution is 0.118. The molecule has 0 saturated carbocycles. The minimum atomic E-state index is -0.954. The van der Waals surface area contributed by atoms with Gasteiger partial charge in [-0.25, -0.2) is 14.8 Å². The molecular weight excluding hydrogens is 468 g/mol. The number of rotatable bonds is 5. The first-order valence-corrected chi connectivity index (χ1v) is 11.1. The van der Waals surface area contributed by atoms with Crippen LogP contribution in [0.4, 0.5) is 10.6 Å². The molecule has 0 radical (unpaired) electrons. The van der Waals surface area contributed by atoms with Crippen molar-refractivity contribution < 1.29 is 14.3 Å². The zero-order valence-corrected chi connectivity index (χ0v) is 19.3. The Morgan fingerprint density at radius 3 is 2.57 bits per heavy atom. The van der Waals surface area contributed by atoms with Gasteiger partial charge in [0.1, 0.15) is 12.1 Å². The number of halogens is 1. The molecule has 9 heteroatoms. The summed E-state index contributed by atoms with van der Waals surface area (Å²) in [6.45, 7) is 0.0254. The van der Waals surface area contributed by atoms with Crippen molar-refractivity contribution >= 4 is 45.4 Å². The Morgan fingerprint density at radius 1 is 1.00 bits per heavy atom. The molecule has 0 fully saturated rings. The highest BCUT2D eigenvalue weighted by atomic mass is 35.5. The third kappa shape index (κ3) is 4.27. The molecule has 1 N–H and O–H groups in total. The van der Waals surface area contributed by atoms with Gasteiger partial charge in [-0.3, -0.25) is 9.36 Å². The van der Waals surface area contributed by atoms with Crippen molar-refractivity contribution in [1.82, 2.24) is 14.5 Å². The molecule has 0 aliphatic carbocycles. The van der Waals surface area contributed by atoms with Crippen molar-refractivity contribution in [2.75, 3.05) is 12.4 Å². The van der Waals surface area contributed by atoms with Crippen LogP contribution in [0.2, 0.25) is 5.02 Å². The Balaban J connectivity index is 1.73. The zero-order valence-electron chi connectivity index (χ0n) is 18.6. The Morgan fingerprint density at radius 2 is 1.77 bits per heavy atom. The molecule has 35 heavy (non-hydrogen) atoms. The molecule has 0 unspecified atom stereocenters. The number of fused-ring (bicyclic) bond motifs is 2. The number of hydrogen-bond acceptors (Lipinski definition) is 7. The Hall–Kier alpha value is -4.43. The quantitative estimate of drug-likeness (QED) is 0.335. The third-order valence-corrected chi connectivity index (χ3v) is 5.75. The summed E-state index contributed by atoms with van der Waals surface area (Å²) in [5, 5.41) is 4.85. The zero-order chi connectivity index (χ0) is 24.4. The second kappa shape index (κ2) is 9.44. The van der Waals surface area contributed by atoms with E-state index in [1.54, 1.807) is 22.8 Å². The summed E-state index contributed by atoms with van der Waals surface area (Å²) in [4.78, 5) is 34.5. The monoisotopic (exact) mass is 486 g/mol. The number of ether oxygens (including phenoxy) is 2. The molecule has 0 atom stereocenters. The number of para-hydroxylation sites is 2. The number of anilines is 1. The fourth-order valence-electron chi connectivity index (χ4n) is 3.92. The van der Waals surface area contributed by atoms with E-state index in [-0.39, 0.29) is 23.4 Å². The Bertz CT molecular complexity index is 1610. The van der Waals surface area contributed by atoms with E-state index in [1.165, 1.54) is 13.4 Å². The summed E-state index contributed by atoms with van der Waals surface area (Å²) >= 11 is 6.28. The number of benzene rings is 3. The standard InChI is InChI=1S/C26H19ClN4O4/c1-34-26(33)35-25-20(14-28-24-18-9-5-6-10-21(18)29-15-30-24)23(32)19-12-11-16(27)13-22(19)31(25)17-7-3-2-4-8-17/h2-13,15H,14H2,1H3,(H,28,29,30). The minimum Gasteiger partial charge on any atom is -0.437 e. The molecular formula is C26H19ClN4O4. The first kappa shape index (κ1) is 22.4. The molecule has 2 heterocycles. The summed E-state index contributed by atoms with van der Waals surface area (Å²) < 4.78 is 12.0. The van der Waals surface area contributed by atoms with Crippen molar-refractivity contribution in [3.63, 3.8) is 0 Å². The number of hydrogen-bond donors (Lipinski definition) is 1. The second-order valence-corrected chi connectivity index (χ2v) is 8.03. The lowest BCUT2D eigenvalue weighted by atomic mass is 10.1. The van der Waals surface area contributed by atoms with E-state index in [0.717, 1.165) is 10.9 Å². The molecule has 8 nitrogen and oxygen atoms in total. The average Bonchev–Trinajstić information content (AvgIpc) is 2.89. The van der Waals surface area contributed by atoms with Crippen LogP contribution in [0.25, 0.3) is 27.5 Å². The van der Waals surface area contributed by atoms with Crippen LogP contribution in [-0.4, -0.2) is 27.8 Å². The highest BCUT2D eigenvalue weighted by Crippen LogP contribution is 2.30. The number of methoxy groups -OCH3 is 1. The Labute approximate surface area is 204 Å². The van der Waals surface area contributed by atoms with Gasteiger partial charge in [0.25, 0.3) is 0 Å². The lowest BCUT2D eigenvalue weighted by Crippen LogP contribution is -2.23. The largest absolute Gasteiger partial charge is 0.514 e. The van der Waals surface area contributed by atoms with Gasteiger partial charge in [0.2, 0.25) is 5.88 Å². The van der Waals surface area contributed by atoms with Gasteiger partial charge in [0.15, 0.2) is 5.43 Å². The molecule has 3 aromatic carbocycles. The van der Waals surface area contributed by atoms with Crippen LogP contribution < -0.4 is 15.5 Å². The maximum Gasteiger partial charge on any atom is 0.514 e. The maximum atomic E-state index is 13.6. The molecule has 5 rings (SSSR count). The molecule has 5 aromatic rings. The van der Waals surface area contributed by atoms with Crippen molar-refractivity contribution in [1.29, 1.82) is 0 Å². The van der Waals surface area contributed by atoms with Gasteiger partial charge < -0.3 is 14.8 Å².